The zero-order valence-corrected chi connectivity index (χ0v) is 17.3. The molecule has 1 aromatic heterocycles. The molecule has 2 aromatic rings. The molecule has 0 aliphatic carbocycles. The summed E-state index contributed by atoms with van der Waals surface area (Å²) in [4.78, 5) is 28.4. The molecule has 30 heavy (non-hydrogen) atoms. The molecule has 1 atom stereocenters. The smallest absolute Gasteiger partial charge is 0.290 e. The fourth-order valence-corrected chi connectivity index (χ4v) is 4.81. The van der Waals surface area contributed by atoms with Crippen molar-refractivity contribution in [1.82, 2.24) is 20.0 Å². The average molecular weight is 415 g/mol. The second-order valence-corrected chi connectivity index (χ2v) is 8.07. The van der Waals surface area contributed by atoms with E-state index in [-0.39, 0.29) is 12.4 Å². The van der Waals surface area contributed by atoms with Crippen molar-refractivity contribution in [3.63, 3.8) is 0 Å². The van der Waals surface area contributed by atoms with Crippen molar-refractivity contribution < 1.29 is 19.4 Å². The predicted molar refractivity (Wildman–Crippen MR) is 113 cm³/mol. The molecule has 6 rings (SSSR count). The fraction of sp³-hybridized carbons (Fsp3) is 0.571. The summed E-state index contributed by atoms with van der Waals surface area (Å²) in [7, 11) is 1.77. The number of H-pyrrole nitrogens is 1. The largest absolute Gasteiger partial charge is 0.483 e. The summed E-state index contributed by atoms with van der Waals surface area (Å²) in [5, 5.41) is 15.3. The van der Waals surface area contributed by atoms with Crippen LogP contribution in [0.2, 0.25) is 0 Å². The van der Waals surface area contributed by atoms with Crippen LogP contribution in [0.4, 0.5) is 5.69 Å². The van der Waals surface area contributed by atoms with E-state index in [0.29, 0.717) is 17.8 Å². The number of ether oxygens (including phenoxy) is 1. The number of nitrogens with one attached hydrogen (secondary N) is 1. The molecular formula is C21H29N5O4. The van der Waals surface area contributed by atoms with Gasteiger partial charge in [0, 0.05) is 63.5 Å². The minimum Gasteiger partial charge on any atom is -0.483 e. The molecule has 5 heterocycles. The van der Waals surface area contributed by atoms with Gasteiger partial charge in [0.1, 0.15) is 0 Å². The number of nitrogens with zero attached hydrogens (tertiary/aromatic N) is 4. The van der Waals surface area contributed by atoms with Crippen LogP contribution in [-0.4, -0.2) is 96.0 Å². The van der Waals surface area contributed by atoms with E-state index in [9.17, 15) is 4.79 Å². The first-order chi connectivity index (χ1) is 14.6. The maximum Gasteiger partial charge on any atom is 0.290 e. The lowest BCUT2D eigenvalue weighted by Crippen LogP contribution is -2.41. The van der Waals surface area contributed by atoms with Crippen molar-refractivity contribution in [2.75, 3.05) is 51.3 Å². The number of benzene rings is 1. The van der Waals surface area contributed by atoms with Crippen molar-refractivity contribution >= 4 is 29.0 Å². The first-order valence-corrected chi connectivity index (χ1v) is 10.5. The molecule has 4 aliphatic heterocycles. The van der Waals surface area contributed by atoms with Gasteiger partial charge < -0.3 is 24.5 Å². The Bertz CT molecular complexity index is 893. The lowest BCUT2D eigenvalue weighted by Gasteiger charge is -2.31. The van der Waals surface area contributed by atoms with E-state index in [2.05, 4.69) is 37.0 Å². The standard InChI is InChI=1S/C20H27N5O2.CH2O2/c1-27-16-6-9-24(13-16)15-2-3-17-18(12-15)21-22-19(17)20(26)25-11-10-23-7-4-14(25)5-8-23;2-1-3/h2-3,12,14,16H,4-11,13H2,1H3,(H,21,22);1H,(H,2,3)/t16-;/m1./s1. The van der Waals surface area contributed by atoms with E-state index >= 15 is 0 Å². The highest BCUT2D eigenvalue weighted by atomic mass is 16.5. The van der Waals surface area contributed by atoms with Gasteiger partial charge in [-0.2, -0.15) is 5.10 Å². The first kappa shape index (κ1) is 20.6. The molecule has 4 saturated heterocycles. The number of carbonyl (C=O) groups is 2. The minimum atomic E-state index is -0.250. The molecule has 0 unspecified atom stereocenters. The van der Waals surface area contributed by atoms with Crippen LogP contribution in [0.5, 0.6) is 0 Å². The molecule has 162 valence electrons. The molecule has 4 fully saturated rings. The number of aromatic amines is 1. The second-order valence-electron chi connectivity index (χ2n) is 8.07. The van der Waals surface area contributed by atoms with Crippen LogP contribution in [0.3, 0.4) is 0 Å². The first-order valence-electron chi connectivity index (χ1n) is 10.5. The van der Waals surface area contributed by atoms with E-state index in [1.807, 2.05) is 6.07 Å². The number of amides is 1. The average Bonchev–Trinajstić information content (AvgIpc) is 3.31. The normalized spacial score (nSPS) is 25.7. The topological polar surface area (TPSA) is 102 Å². The van der Waals surface area contributed by atoms with Gasteiger partial charge in [-0.05, 0) is 37.5 Å². The number of carbonyl (C=O) groups excluding carboxylic acids is 1. The van der Waals surface area contributed by atoms with Crippen LogP contribution in [0, 0.1) is 0 Å². The molecule has 2 N–H and O–H groups in total. The van der Waals surface area contributed by atoms with E-state index in [0.717, 1.165) is 75.1 Å². The number of methoxy groups -OCH3 is 1. The van der Waals surface area contributed by atoms with Gasteiger partial charge in [0.25, 0.3) is 12.4 Å². The minimum absolute atomic E-state index is 0.0726. The Balaban J connectivity index is 0.000000687. The molecule has 9 heteroatoms. The summed E-state index contributed by atoms with van der Waals surface area (Å²) >= 11 is 0. The number of anilines is 1. The molecule has 0 saturated carbocycles. The number of fused-ring (bicyclic) bond motifs is 5. The lowest BCUT2D eigenvalue weighted by molar-refractivity contribution is -0.122. The van der Waals surface area contributed by atoms with Crippen molar-refractivity contribution in [3.05, 3.63) is 23.9 Å². The van der Waals surface area contributed by atoms with Crippen LogP contribution in [0.15, 0.2) is 18.2 Å². The van der Waals surface area contributed by atoms with Crippen LogP contribution in [0.25, 0.3) is 10.9 Å². The summed E-state index contributed by atoms with van der Waals surface area (Å²) in [5.41, 5.74) is 2.65. The Hall–Kier alpha value is -2.65. The summed E-state index contributed by atoms with van der Waals surface area (Å²) in [5.74, 6) is 0.0726. The summed E-state index contributed by atoms with van der Waals surface area (Å²) in [6, 6.07) is 6.61. The van der Waals surface area contributed by atoms with E-state index < -0.39 is 0 Å². The molecule has 1 amide bonds. The summed E-state index contributed by atoms with van der Waals surface area (Å²) in [6.45, 7) is 5.66. The third kappa shape index (κ3) is 3.99. The number of aromatic nitrogens is 2. The van der Waals surface area contributed by atoms with Crippen LogP contribution >= 0.6 is 0 Å². The highest BCUT2D eigenvalue weighted by Gasteiger charge is 2.34. The molecule has 0 spiro atoms. The Morgan fingerprint density at radius 3 is 2.67 bits per heavy atom. The highest BCUT2D eigenvalue weighted by molar-refractivity contribution is 6.05. The summed E-state index contributed by atoms with van der Waals surface area (Å²) in [6.07, 6.45) is 3.50. The van der Waals surface area contributed by atoms with Gasteiger partial charge in [0.05, 0.1) is 11.6 Å². The van der Waals surface area contributed by atoms with E-state index in [4.69, 9.17) is 14.6 Å². The zero-order valence-electron chi connectivity index (χ0n) is 17.3. The van der Waals surface area contributed by atoms with Crippen LogP contribution in [-0.2, 0) is 9.53 Å². The molecule has 4 aliphatic rings. The molecular weight excluding hydrogens is 386 g/mol. The number of piperidine rings is 1. The predicted octanol–water partition coefficient (Wildman–Crippen LogP) is 1.41. The van der Waals surface area contributed by atoms with Gasteiger partial charge in [-0.25, -0.2) is 0 Å². The van der Waals surface area contributed by atoms with Crippen molar-refractivity contribution in [2.45, 2.75) is 31.4 Å². The number of carboxylic acid groups (broad SMARTS) is 1. The van der Waals surface area contributed by atoms with Crippen molar-refractivity contribution in [2.24, 2.45) is 0 Å². The quantitative estimate of drug-likeness (QED) is 0.731. The van der Waals surface area contributed by atoms with E-state index in [1.54, 1.807) is 7.11 Å². The number of hydrogen-bond acceptors (Lipinski definition) is 6. The van der Waals surface area contributed by atoms with Gasteiger partial charge in [-0.1, -0.05) is 0 Å². The van der Waals surface area contributed by atoms with Gasteiger partial charge >= 0.3 is 0 Å². The van der Waals surface area contributed by atoms with Crippen LogP contribution in [0.1, 0.15) is 29.8 Å². The van der Waals surface area contributed by atoms with E-state index in [1.165, 1.54) is 0 Å². The van der Waals surface area contributed by atoms with Gasteiger partial charge in [0.2, 0.25) is 0 Å². The highest BCUT2D eigenvalue weighted by Crippen LogP contribution is 2.28. The summed E-state index contributed by atoms with van der Waals surface area (Å²) < 4.78 is 5.47. The monoisotopic (exact) mass is 415 g/mol. The van der Waals surface area contributed by atoms with Crippen molar-refractivity contribution in [3.8, 4) is 0 Å². The lowest BCUT2D eigenvalue weighted by atomic mass is 10.0. The SMILES string of the molecule is CO[C@@H]1CCN(c2ccc3c(C(=O)N4CCN5CCC4CC5)n[nH]c3c2)C1.O=CO. The zero-order chi connectivity index (χ0) is 21.1. The molecule has 0 radical (unpaired) electrons. The number of rotatable bonds is 3. The maximum absolute atomic E-state index is 13.2. The Morgan fingerprint density at radius 2 is 1.97 bits per heavy atom. The van der Waals surface area contributed by atoms with Crippen LogP contribution < -0.4 is 4.90 Å². The third-order valence-corrected chi connectivity index (χ3v) is 6.51. The van der Waals surface area contributed by atoms with Crippen molar-refractivity contribution in [1.29, 1.82) is 0 Å². The molecule has 2 bridgehead atoms. The molecule has 9 nitrogen and oxygen atoms in total. The van der Waals surface area contributed by atoms with Gasteiger partial charge in [0.15, 0.2) is 5.69 Å². The van der Waals surface area contributed by atoms with Gasteiger partial charge in [-0.3, -0.25) is 14.7 Å². The Labute approximate surface area is 175 Å². The second kappa shape index (κ2) is 9.01. The fourth-order valence-electron chi connectivity index (χ4n) is 4.81. The Kier molecular flexibility index (Phi) is 6.19. The Morgan fingerprint density at radius 1 is 1.20 bits per heavy atom. The van der Waals surface area contributed by atoms with Gasteiger partial charge in [-0.15, -0.1) is 0 Å². The molecule has 1 aromatic carbocycles. The third-order valence-electron chi connectivity index (χ3n) is 6.51. The maximum atomic E-state index is 13.2. The number of hydrogen-bond donors (Lipinski definition) is 2.